The van der Waals surface area contributed by atoms with Crippen molar-refractivity contribution in [2.24, 2.45) is 0 Å². The van der Waals surface area contributed by atoms with Gasteiger partial charge in [-0.15, -0.1) is 0 Å². The van der Waals surface area contributed by atoms with Crippen molar-refractivity contribution in [1.82, 2.24) is 5.16 Å². The minimum absolute atomic E-state index is 0.104. The highest BCUT2D eigenvalue weighted by Crippen LogP contribution is 2.46. The zero-order chi connectivity index (χ0) is 20.0. The predicted octanol–water partition coefficient (Wildman–Crippen LogP) is 4.37. The highest BCUT2D eigenvalue weighted by Gasteiger charge is 2.33. The number of ketones is 1. The van der Waals surface area contributed by atoms with Crippen LogP contribution in [0, 0.1) is 5.82 Å². The van der Waals surface area contributed by atoms with Gasteiger partial charge < -0.3 is 19.7 Å². The summed E-state index contributed by atoms with van der Waals surface area (Å²) in [6, 6.07) is 14.4. The maximum absolute atomic E-state index is 13.2. The van der Waals surface area contributed by atoms with Crippen molar-refractivity contribution in [3.05, 3.63) is 71.5 Å². The van der Waals surface area contributed by atoms with Crippen molar-refractivity contribution >= 4 is 22.4 Å². The van der Waals surface area contributed by atoms with E-state index in [4.69, 9.17) is 9.26 Å². The Morgan fingerprint density at radius 1 is 1.10 bits per heavy atom. The lowest BCUT2D eigenvalue weighted by Crippen LogP contribution is -2.14. The number of aromatic nitrogens is 1. The summed E-state index contributed by atoms with van der Waals surface area (Å²) in [5.74, 6) is 0.736. The van der Waals surface area contributed by atoms with Crippen LogP contribution in [0.1, 0.15) is 15.9 Å². The molecule has 1 aromatic heterocycles. The molecule has 0 unspecified atom stereocenters. The number of fused-ring (bicyclic) bond motifs is 2. The van der Waals surface area contributed by atoms with Crippen LogP contribution < -0.4 is 10.1 Å². The molecule has 0 radical (unpaired) electrons. The molecule has 2 N–H and O–H groups in total. The van der Waals surface area contributed by atoms with Crippen molar-refractivity contribution in [3.8, 4) is 22.8 Å². The number of nitrogens with one attached hydrogen (secondary N) is 1. The molecule has 0 bridgehead atoms. The van der Waals surface area contributed by atoms with Crippen LogP contribution in [-0.2, 0) is 0 Å². The molecule has 144 valence electrons. The Bertz CT molecular complexity index is 1250. The molecule has 3 aromatic carbocycles. The third-order valence-corrected chi connectivity index (χ3v) is 4.83. The molecule has 4 aromatic rings. The summed E-state index contributed by atoms with van der Waals surface area (Å²) in [7, 11) is 0. The fraction of sp³-hybridized carbons (Fsp3) is 0.0909. The van der Waals surface area contributed by atoms with Crippen LogP contribution in [0.15, 0.2) is 59.1 Å². The number of carbonyl (C=O) groups is 1. The van der Waals surface area contributed by atoms with Crippen LogP contribution >= 0.6 is 0 Å². The standard InChI is InChI=1S/C22H15FN2O4/c23-12-5-7-13(8-6-12)28-17-11-16(24-9-10-26)18-19-20(17)25-29-22(19)15-4-2-1-3-14(15)21(18)27/h1-8,11,24,26H,9-10H2. The van der Waals surface area contributed by atoms with Crippen molar-refractivity contribution < 1.29 is 23.6 Å². The van der Waals surface area contributed by atoms with E-state index in [1.807, 2.05) is 12.1 Å². The number of anilines is 1. The van der Waals surface area contributed by atoms with E-state index in [0.29, 0.717) is 50.5 Å². The molecule has 0 aliphatic heterocycles. The summed E-state index contributed by atoms with van der Waals surface area (Å²) >= 11 is 0. The third-order valence-electron chi connectivity index (χ3n) is 4.83. The Hall–Kier alpha value is -3.71. The van der Waals surface area contributed by atoms with Gasteiger partial charge in [-0.2, -0.15) is 0 Å². The molecule has 5 rings (SSSR count). The normalized spacial score (nSPS) is 12.1. The molecular weight excluding hydrogens is 375 g/mol. The van der Waals surface area contributed by atoms with E-state index in [1.54, 1.807) is 18.2 Å². The van der Waals surface area contributed by atoms with Crippen LogP contribution in [-0.4, -0.2) is 29.2 Å². The van der Waals surface area contributed by atoms with Crippen molar-refractivity contribution in [2.75, 3.05) is 18.5 Å². The Balaban J connectivity index is 1.74. The summed E-state index contributed by atoms with van der Waals surface area (Å²) < 4.78 is 24.8. The maximum Gasteiger partial charge on any atom is 0.196 e. The lowest BCUT2D eigenvalue weighted by atomic mass is 9.86. The number of aliphatic hydroxyl groups excluding tert-OH is 1. The number of nitrogens with zero attached hydrogens (tertiary/aromatic N) is 1. The van der Waals surface area contributed by atoms with Crippen LogP contribution in [0.25, 0.3) is 22.2 Å². The smallest absolute Gasteiger partial charge is 0.196 e. The first-order valence-electron chi connectivity index (χ1n) is 9.06. The summed E-state index contributed by atoms with van der Waals surface area (Å²) in [4.78, 5) is 13.2. The van der Waals surface area contributed by atoms with Crippen molar-refractivity contribution in [3.63, 3.8) is 0 Å². The van der Waals surface area contributed by atoms with E-state index >= 15 is 0 Å². The van der Waals surface area contributed by atoms with Crippen LogP contribution in [0.5, 0.6) is 11.5 Å². The first-order valence-corrected chi connectivity index (χ1v) is 9.06. The monoisotopic (exact) mass is 390 g/mol. The third kappa shape index (κ3) is 2.75. The second kappa shape index (κ2) is 6.72. The van der Waals surface area contributed by atoms with Gasteiger partial charge in [0.05, 0.1) is 23.2 Å². The topological polar surface area (TPSA) is 84.6 Å². The zero-order valence-electron chi connectivity index (χ0n) is 15.1. The van der Waals surface area contributed by atoms with Gasteiger partial charge in [0.15, 0.2) is 22.8 Å². The molecule has 1 heterocycles. The molecular formula is C22H15FN2O4. The molecule has 1 aliphatic rings. The highest BCUT2D eigenvalue weighted by molar-refractivity contribution is 6.28. The molecule has 0 spiro atoms. The molecule has 1 aliphatic carbocycles. The maximum atomic E-state index is 13.2. The van der Waals surface area contributed by atoms with Crippen LogP contribution in [0.2, 0.25) is 0 Å². The number of hydrogen-bond donors (Lipinski definition) is 2. The molecule has 0 saturated carbocycles. The van der Waals surface area contributed by atoms with Gasteiger partial charge in [0.25, 0.3) is 0 Å². The molecule has 7 heteroatoms. The first kappa shape index (κ1) is 17.4. The second-order valence-electron chi connectivity index (χ2n) is 6.61. The molecule has 0 saturated heterocycles. The highest BCUT2D eigenvalue weighted by atomic mass is 19.1. The van der Waals surface area contributed by atoms with E-state index < -0.39 is 0 Å². The number of rotatable bonds is 5. The van der Waals surface area contributed by atoms with Gasteiger partial charge in [-0.05, 0) is 24.3 Å². The van der Waals surface area contributed by atoms with Gasteiger partial charge in [0.2, 0.25) is 0 Å². The van der Waals surface area contributed by atoms with E-state index in [-0.39, 0.29) is 24.8 Å². The summed E-state index contributed by atoms with van der Waals surface area (Å²) in [6.07, 6.45) is 0. The number of benzene rings is 3. The molecule has 6 nitrogen and oxygen atoms in total. The Labute approximate surface area is 164 Å². The Kier molecular flexibility index (Phi) is 4.03. The van der Waals surface area contributed by atoms with Crippen molar-refractivity contribution in [2.45, 2.75) is 0 Å². The molecule has 0 atom stereocenters. The molecule has 29 heavy (non-hydrogen) atoms. The minimum Gasteiger partial charge on any atom is -0.455 e. The Morgan fingerprint density at radius 3 is 2.62 bits per heavy atom. The average molecular weight is 390 g/mol. The quantitative estimate of drug-likeness (QED) is 0.463. The van der Waals surface area contributed by atoms with Gasteiger partial charge in [-0.3, -0.25) is 4.79 Å². The van der Waals surface area contributed by atoms with E-state index in [0.717, 1.165) is 0 Å². The molecule has 0 fully saturated rings. The fourth-order valence-electron chi connectivity index (χ4n) is 3.57. The Morgan fingerprint density at radius 2 is 1.86 bits per heavy atom. The predicted molar refractivity (Wildman–Crippen MR) is 105 cm³/mol. The number of halogens is 1. The SMILES string of the molecule is O=C1c2ccccc2-c2onc3c(Oc4ccc(F)cc4)cc(NCCO)c1c23. The number of aliphatic hydroxyl groups is 1. The lowest BCUT2D eigenvalue weighted by molar-refractivity contribution is 0.104. The second-order valence-corrected chi connectivity index (χ2v) is 6.61. The largest absolute Gasteiger partial charge is 0.455 e. The van der Waals surface area contributed by atoms with Crippen molar-refractivity contribution in [1.29, 1.82) is 0 Å². The van der Waals surface area contributed by atoms with E-state index in [2.05, 4.69) is 10.5 Å². The minimum atomic E-state index is -0.372. The zero-order valence-corrected chi connectivity index (χ0v) is 15.1. The van der Waals surface area contributed by atoms with Gasteiger partial charge >= 0.3 is 0 Å². The number of carbonyl (C=O) groups excluding carboxylic acids is 1. The summed E-state index contributed by atoms with van der Waals surface area (Å²) in [5.41, 5.74) is 2.52. The van der Waals surface area contributed by atoms with Gasteiger partial charge in [-0.25, -0.2) is 4.39 Å². The van der Waals surface area contributed by atoms with E-state index in [9.17, 15) is 14.3 Å². The van der Waals surface area contributed by atoms with Gasteiger partial charge in [0, 0.05) is 23.7 Å². The van der Waals surface area contributed by atoms with Gasteiger partial charge in [-0.1, -0.05) is 29.4 Å². The molecule has 0 amide bonds. The fourth-order valence-corrected chi connectivity index (χ4v) is 3.57. The van der Waals surface area contributed by atoms with Gasteiger partial charge in [0.1, 0.15) is 11.6 Å². The van der Waals surface area contributed by atoms with Crippen LogP contribution in [0.4, 0.5) is 10.1 Å². The number of ether oxygens (including phenoxy) is 1. The van der Waals surface area contributed by atoms with E-state index in [1.165, 1.54) is 24.3 Å². The number of hydrogen-bond acceptors (Lipinski definition) is 6. The lowest BCUT2D eigenvalue weighted by Gasteiger charge is -2.19. The summed E-state index contributed by atoms with van der Waals surface area (Å²) in [6.45, 7) is 0.150. The summed E-state index contributed by atoms with van der Waals surface area (Å²) in [5, 5.41) is 17.0. The van der Waals surface area contributed by atoms with Crippen LogP contribution in [0.3, 0.4) is 0 Å². The first-order chi connectivity index (χ1) is 14.2. The average Bonchev–Trinajstić information content (AvgIpc) is 3.18.